The third-order valence-electron chi connectivity index (χ3n) is 2.72. The zero-order chi connectivity index (χ0) is 12.6. The molecule has 96 valence electrons. The Kier molecular flexibility index (Phi) is 6.19. The van der Waals surface area contributed by atoms with Crippen molar-refractivity contribution >= 4 is 0 Å². The summed E-state index contributed by atoms with van der Waals surface area (Å²) in [5.41, 5.74) is 6.92. The third kappa shape index (κ3) is 6.41. The van der Waals surface area contributed by atoms with Gasteiger partial charge in [-0.1, -0.05) is 37.3 Å². The molecule has 0 radical (unpaired) electrons. The lowest BCUT2D eigenvalue weighted by Crippen LogP contribution is -2.40. The normalized spacial score (nSPS) is 14.5. The first-order valence-electron chi connectivity index (χ1n) is 6.12. The molecule has 3 nitrogen and oxygen atoms in total. The van der Waals surface area contributed by atoms with Crippen molar-refractivity contribution in [3.05, 3.63) is 35.9 Å². The highest BCUT2D eigenvalue weighted by atomic mass is 16.5. The standard InChI is InChI=1S/C14H23NO2/c1-3-14(2,15)12-17-10-9-16-11-13-7-5-4-6-8-13/h4-8H,3,9-12,15H2,1-2H3. The van der Waals surface area contributed by atoms with Crippen LogP contribution in [0.25, 0.3) is 0 Å². The van der Waals surface area contributed by atoms with E-state index in [1.54, 1.807) is 0 Å². The van der Waals surface area contributed by atoms with Gasteiger partial charge in [-0.25, -0.2) is 0 Å². The van der Waals surface area contributed by atoms with E-state index in [9.17, 15) is 0 Å². The highest BCUT2D eigenvalue weighted by molar-refractivity contribution is 5.13. The summed E-state index contributed by atoms with van der Waals surface area (Å²) >= 11 is 0. The quantitative estimate of drug-likeness (QED) is 0.706. The largest absolute Gasteiger partial charge is 0.377 e. The van der Waals surface area contributed by atoms with Crippen molar-refractivity contribution in [2.75, 3.05) is 19.8 Å². The van der Waals surface area contributed by atoms with Crippen molar-refractivity contribution in [1.29, 1.82) is 0 Å². The monoisotopic (exact) mass is 237 g/mol. The molecule has 2 N–H and O–H groups in total. The van der Waals surface area contributed by atoms with Crippen LogP contribution < -0.4 is 5.73 Å². The molecule has 0 spiro atoms. The average molecular weight is 237 g/mol. The summed E-state index contributed by atoms with van der Waals surface area (Å²) in [6, 6.07) is 10.1. The Morgan fingerprint density at radius 3 is 2.41 bits per heavy atom. The molecule has 0 bridgehead atoms. The zero-order valence-electron chi connectivity index (χ0n) is 10.8. The first kappa shape index (κ1) is 14.2. The summed E-state index contributed by atoms with van der Waals surface area (Å²) in [6.07, 6.45) is 0.915. The van der Waals surface area contributed by atoms with Crippen LogP contribution in [0.4, 0.5) is 0 Å². The summed E-state index contributed by atoms with van der Waals surface area (Å²) in [5.74, 6) is 0. The maximum atomic E-state index is 5.96. The van der Waals surface area contributed by atoms with Gasteiger partial charge in [0, 0.05) is 5.54 Å². The fraction of sp³-hybridized carbons (Fsp3) is 0.571. The van der Waals surface area contributed by atoms with Gasteiger partial charge in [0.15, 0.2) is 0 Å². The predicted molar refractivity (Wildman–Crippen MR) is 69.8 cm³/mol. The minimum absolute atomic E-state index is 0.223. The van der Waals surface area contributed by atoms with E-state index in [-0.39, 0.29) is 5.54 Å². The van der Waals surface area contributed by atoms with Crippen LogP contribution >= 0.6 is 0 Å². The van der Waals surface area contributed by atoms with Crippen molar-refractivity contribution in [2.24, 2.45) is 5.73 Å². The van der Waals surface area contributed by atoms with Crippen LogP contribution in [-0.4, -0.2) is 25.4 Å². The summed E-state index contributed by atoms with van der Waals surface area (Å²) in [4.78, 5) is 0. The predicted octanol–water partition coefficient (Wildman–Crippen LogP) is 2.35. The molecule has 0 aliphatic heterocycles. The average Bonchev–Trinajstić information content (AvgIpc) is 2.35. The van der Waals surface area contributed by atoms with Crippen LogP contribution in [0.3, 0.4) is 0 Å². The molecular formula is C14H23NO2. The number of nitrogens with two attached hydrogens (primary N) is 1. The van der Waals surface area contributed by atoms with Gasteiger partial charge in [0.1, 0.15) is 0 Å². The van der Waals surface area contributed by atoms with Crippen LogP contribution in [0.5, 0.6) is 0 Å². The molecule has 0 aromatic heterocycles. The van der Waals surface area contributed by atoms with Gasteiger partial charge in [0.05, 0.1) is 26.4 Å². The van der Waals surface area contributed by atoms with Crippen LogP contribution in [0, 0.1) is 0 Å². The number of hydrogen-bond acceptors (Lipinski definition) is 3. The number of rotatable bonds is 8. The second-order valence-electron chi connectivity index (χ2n) is 4.60. The molecule has 0 fully saturated rings. The van der Waals surface area contributed by atoms with E-state index in [2.05, 4.69) is 19.1 Å². The van der Waals surface area contributed by atoms with E-state index in [1.807, 2.05) is 25.1 Å². The topological polar surface area (TPSA) is 44.5 Å². The zero-order valence-corrected chi connectivity index (χ0v) is 10.8. The van der Waals surface area contributed by atoms with Gasteiger partial charge in [-0.05, 0) is 18.9 Å². The maximum Gasteiger partial charge on any atom is 0.0718 e. The van der Waals surface area contributed by atoms with Gasteiger partial charge in [0.25, 0.3) is 0 Å². The van der Waals surface area contributed by atoms with Crippen molar-refractivity contribution in [3.8, 4) is 0 Å². The van der Waals surface area contributed by atoms with E-state index >= 15 is 0 Å². The van der Waals surface area contributed by atoms with E-state index in [4.69, 9.17) is 15.2 Å². The van der Waals surface area contributed by atoms with Crippen molar-refractivity contribution in [3.63, 3.8) is 0 Å². The molecular weight excluding hydrogens is 214 g/mol. The molecule has 1 unspecified atom stereocenters. The fourth-order valence-corrected chi connectivity index (χ4v) is 1.29. The summed E-state index contributed by atoms with van der Waals surface area (Å²) in [5, 5.41) is 0. The number of hydrogen-bond donors (Lipinski definition) is 1. The Morgan fingerprint density at radius 2 is 1.76 bits per heavy atom. The Labute approximate surface area is 104 Å². The smallest absolute Gasteiger partial charge is 0.0718 e. The molecule has 1 atom stereocenters. The first-order chi connectivity index (χ1) is 8.14. The Balaban J connectivity index is 2.02. The van der Waals surface area contributed by atoms with Gasteiger partial charge in [-0.3, -0.25) is 0 Å². The van der Waals surface area contributed by atoms with Crippen LogP contribution in [0.2, 0.25) is 0 Å². The van der Waals surface area contributed by atoms with E-state index < -0.39 is 0 Å². The second-order valence-corrected chi connectivity index (χ2v) is 4.60. The number of ether oxygens (including phenoxy) is 2. The summed E-state index contributed by atoms with van der Waals surface area (Å²) in [7, 11) is 0. The SMILES string of the molecule is CCC(C)(N)COCCOCc1ccccc1. The Hall–Kier alpha value is -0.900. The molecule has 1 rings (SSSR count). The number of benzene rings is 1. The lowest BCUT2D eigenvalue weighted by molar-refractivity contribution is 0.0236. The Bertz CT molecular complexity index is 298. The minimum Gasteiger partial charge on any atom is -0.377 e. The summed E-state index contributed by atoms with van der Waals surface area (Å²) < 4.78 is 11.0. The minimum atomic E-state index is -0.223. The molecule has 0 aliphatic carbocycles. The summed E-state index contributed by atoms with van der Waals surface area (Å²) in [6.45, 7) is 6.48. The molecule has 0 heterocycles. The van der Waals surface area contributed by atoms with Crippen LogP contribution in [0.1, 0.15) is 25.8 Å². The van der Waals surface area contributed by atoms with E-state index in [1.165, 1.54) is 5.56 Å². The van der Waals surface area contributed by atoms with E-state index in [0.29, 0.717) is 26.4 Å². The van der Waals surface area contributed by atoms with Gasteiger partial charge in [-0.15, -0.1) is 0 Å². The molecule has 3 heteroatoms. The maximum absolute atomic E-state index is 5.96. The Morgan fingerprint density at radius 1 is 1.12 bits per heavy atom. The van der Waals surface area contributed by atoms with Gasteiger partial charge in [0.2, 0.25) is 0 Å². The van der Waals surface area contributed by atoms with Crippen molar-refractivity contribution < 1.29 is 9.47 Å². The lowest BCUT2D eigenvalue weighted by atomic mass is 10.0. The highest BCUT2D eigenvalue weighted by Crippen LogP contribution is 2.05. The molecule has 17 heavy (non-hydrogen) atoms. The third-order valence-corrected chi connectivity index (χ3v) is 2.72. The molecule has 1 aromatic carbocycles. The van der Waals surface area contributed by atoms with Gasteiger partial charge < -0.3 is 15.2 Å². The highest BCUT2D eigenvalue weighted by Gasteiger charge is 2.14. The second kappa shape index (κ2) is 7.43. The van der Waals surface area contributed by atoms with Crippen molar-refractivity contribution in [1.82, 2.24) is 0 Å². The molecule has 0 saturated carbocycles. The van der Waals surface area contributed by atoms with Gasteiger partial charge in [-0.2, -0.15) is 0 Å². The molecule has 0 aliphatic rings. The first-order valence-corrected chi connectivity index (χ1v) is 6.12. The fourth-order valence-electron chi connectivity index (χ4n) is 1.29. The van der Waals surface area contributed by atoms with Crippen LogP contribution in [0.15, 0.2) is 30.3 Å². The molecule has 0 saturated heterocycles. The van der Waals surface area contributed by atoms with E-state index in [0.717, 1.165) is 6.42 Å². The van der Waals surface area contributed by atoms with Crippen molar-refractivity contribution in [2.45, 2.75) is 32.4 Å². The molecule has 1 aromatic rings. The lowest BCUT2D eigenvalue weighted by Gasteiger charge is -2.22. The van der Waals surface area contributed by atoms with Gasteiger partial charge >= 0.3 is 0 Å². The van der Waals surface area contributed by atoms with Crippen LogP contribution in [-0.2, 0) is 16.1 Å². The molecule has 0 amide bonds.